The van der Waals surface area contributed by atoms with E-state index in [-0.39, 0.29) is 12.2 Å². The van der Waals surface area contributed by atoms with E-state index in [0.29, 0.717) is 5.69 Å². The third kappa shape index (κ3) is 3.67. The molecule has 9 heteroatoms. The highest BCUT2D eigenvalue weighted by molar-refractivity contribution is 5.89. The van der Waals surface area contributed by atoms with Gasteiger partial charge in [0.25, 0.3) is 5.69 Å². The first kappa shape index (κ1) is 15.9. The third-order valence-electron chi connectivity index (χ3n) is 3.93. The van der Waals surface area contributed by atoms with Gasteiger partial charge < -0.3 is 15.2 Å². The molecule has 2 aromatic rings. The molecule has 0 aliphatic carbocycles. The standard InChI is InChI=1S/C15H18N6O3/c22-15(17-11-5-7-12(8-6-11)21(23)24)16-10-14-19-18-13-4-2-1-3-9-20(13)14/h5-8H,1-4,9-10H2,(H2,16,17,22). The maximum atomic E-state index is 11.9. The minimum absolute atomic E-state index is 0.0212. The average molecular weight is 330 g/mol. The number of hydrogen-bond donors (Lipinski definition) is 2. The molecule has 0 saturated carbocycles. The number of anilines is 1. The fraction of sp³-hybridized carbons (Fsp3) is 0.400. The highest BCUT2D eigenvalue weighted by atomic mass is 16.6. The third-order valence-corrected chi connectivity index (χ3v) is 3.93. The second kappa shape index (κ2) is 7.07. The van der Waals surface area contributed by atoms with E-state index in [1.54, 1.807) is 0 Å². The number of amides is 2. The Morgan fingerprint density at radius 2 is 2.00 bits per heavy atom. The van der Waals surface area contributed by atoms with Gasteiger partial charge in [-0.15, -0.1) is 10.2 Å². The Balaban J connectivity index is 1.56. The fourth-order valence-corrected chi connectivity index (χ4v) is 2.68. The maximum Gasteiger partial charge on any atom is 0.319 e. The van der Waals surface area contributed by atoms with Crippen molar-refractivity contribution in [3.05, 3.63) is 46.0 Å². The number of aryl methyl sites for hydroxylation is 1. The molecule has 0 radical (unpaired) electrons. The predicted octanol–water partition coefficient (Wildman–Crippen LogP) is 2.23. The summed E-state index contributed by atoms with van der Waals surface area (Å²) in [5, 5.41) is 24.3. The zero-order chi connectivity index (χ0) is 16.9. The van der Waals surface area contributed by atoms with Crippen LogP contribution >= 0.6 is 0 Å². The van der Waals surface area contributed by atoms with Crippen LogP contribution in [0.25, 0.3) is 0 Å². The van der Waals surface area contributed by atoms with Gasteiger partial charge in [-0.3, -0.25) is 10.1 Å². The summed E-state index contributed by atoms with van der Waals surface area (Å²) in [6, 6.07) is 5.26. The first-order chi connectivity index (χ1) is 11.6. The second-order valence-electron chi connectivity index (χ2n) is 5.61. The van der Waals surface area contributed by atoms with Crippen LogP contribution in [0.15, 0.2) is 24.3 Å². The summed E-state index contributed by atoms with van der Waals surface area (Å²) in [4.78, 5) is 22.1. The van der Waals surface area contributed by atoms with E-state index >= 15 is 0 Å². The van der Waals surface area contributed by atoms with E-state index < -0.39 is 11.0 Å². The molecule has 1 aromatic heterocycles. The van der Waals surface area contributed by atoms with Gasteiger partial charge in [-0.2, -0.15) is 0 Å². The molecule has 24 heavy (non-hydrogen) atoms. The van der Waals surface area contributed by atoms with Gasteiger partial charge in [-0.1, -0.05) is 6.42 Å². The molecule has 0 saturated heterocycles. The Hall–Kier alpha value is -2.97. The number of nitrogens with one attached hydrogen (secondary N) is 2. The Morgan fingerprint density at radius 1 is 1.21 bits per heavy atom. The van der Waals surface area contributed by atoms with Crippen molar-refractivity contribution in [1.82, 2.24) is 20.1 Å². The minimum Gasteiger partial charge on any atom is -0.331 e. The summed E-state index contributed by atoms with van der Waals surface area (Å²) in [5.41, 5.74) is 0.463. The van der Waals surface area contributed by atoms with E-state index in [1.807, 2.05) is 0 Å². The monoisotopic (exact) mass is 330 g/mol. The zero-order valence-corrected chi connectivity index (χ0v) is 13.1. The summed E-state index contributed by atoms with van der Waals surface area (Å²) in [7, 11) is 0. The van der Waals surface area contributed by atoms with Crippen LogP contribution in [0.3, 0.4) is 0 Å². The average Bonchev–Trinajstić information content (AvgIpc) is 2.80. The number of nitro groups is 1. The minimum atomic E-state index is -0.485. The molecule has 9 nitrogen and oxygen atoms in total. The van der Waals surface area contributed by atoms with Crippen molar-refractivity contribution in [2.75, 3.05) is 5.32 Å². The number of hydrogen-bond acceptors (Lipinski definition) is 5. The number of nitrogens with zero attached hydrogens (tertiary/aromatic N) is 4. The van der Waals surface area contributed by atoms with Gasteiger partial charge in [-0.05, 0) is 25.0 Å². The van der Waals surface area contributed by atoms with Crippen molar-refractivity contribution in [3.8, 4) is 0 Å². The van der Waals surface area contributed by atoms with Crippen LogP contribution in [-0.4, -0.2) is 25.7 Å². The lowest BCUT2D eigenvalue weighted by Gasteiger charge is -2.09. The number of benzene rings is 1. The van der Waals surface area contributed by atoms with Crippen molar-refractivity contribution in [2.45, 2.75) is 38.8 Å². The fourth-order valence-electron chi connectivity index (χ4n) is 2.68. The topological polar surface area (TPSA) is 115 Å². The largest absolute Gasteiger partial charge is 0.331 e. The number of non-ortho nitro benzene ring substituents is 1. The first-order valence-corrected chi connectivity index (χ1v) is 7.84. The van der Waals surface area contributed by atoms with Gasteiger partial charge in [0, 0.05) is 30.8 Å². The number of rotatable bonds is 4. The molecule has 0 fully saturated rings. The summed E-state index contributed by atoms with van der Waals surface area (Å²) < 4.78 is 2.07. The van der Waals surface area contributed by atoms with Gasteiger partial charge in [0.2, 0.25) is 0 Å². The van der Waals surface area contributed by atoms with Gasteiger partial charge in [0.15, 0.2) is 5.82 Å². The SMILES string of the molecule is O=C(NCc1nnc2n1CCCCC2)Nc1ccc([N+](=O)[O-])cc1. The molecular weight excluding hydrogens is 312 g/mol. The summed E-state index contributed by atoms with van der Waals surface area (Å²) in [6.45, 7) is 1.16. The number of aromatic nitrogens is 3. The molecule has 1 aromatic carbocycles. The lowest BCUT2D eigenvalue weighted by atomic mass is 10.2. The molecule has 1 aliphatic heterocycles. The lowest BCUT2D eigenvalue weighted by Crippen LogP contribution is -2.29. The highest BCUT2D eigenvalue weighted by Gasteiger charge is 2.15. The Bertz CT molecular complexity index is 740. The van der Waals surface area contributed by atoms with Crippen LogP contribution in [0.1, 0.15) is 30.9 Å². The molecule has 1 aliphatic rings. The van der Waals surface area contributed by atoms with Gasteiger partial charge in [0.1, 0.15) is 5.82 Å². The van der Waals surface area contributed by atoms with E-state index in [2.05, 4.69) is 25.4 Å². The van der Waals surface area contributed by atoms with E-state index in [1.165, 1.54) is 30.7 Å². The molecule has 0 atom stereocenters. The quantitative estimate of drug-likeness (QED) is 0.659. The summed E-state index contributed by atoms with van der Waals surface area (Å²) in [5.74, 6) is 1.71. The number of fused-ring (bicyclic) bond motifs is 1. The highest BCUT2D eigenvalue weighted by Crippen LogP contribution is 2.16. The van der Waals surface area contributed by atoms with Crippen molar-refractivity contribution < 1.29 is 9.72 Å². The second-order valence-corrected chi connectivity index (χ2v) is 5.61. The maximum absolute atomic E-state index is 11.9. The van der Waals surface area contributed by atoms with Gasteiger partial charge in [0.05, 0.1) is 11.5 Å². The molecule has 0 spiro atoms. The van der Waals surface area contributed by atoms with Crippen LogP contribution < -0.4 is 10.6 Å². The molecule has 2 heterocycles. The van der Waals surface area contributed by atoms with Crippen molar-refractivity contribution >= 4 is 17.4 Å². The Kier molecular flexibility index (Phi) is 4.69. The van der Waals surface area contributed by atoms with E-state index in [9.17, 15) is 14.9 Å². The van der Waals surface area contributed by atoms with Crippen molar-refractivity contribution in [1.29, 1.82) is 0 Å². The van der Waals surface area contributed by atoms with Crippen LogP contribution in [-0.2, 0) is 19.5 Å². The molecule has 0 bridgehead atoms. The predicted molar refractivity (Wildman–Crippen MR) is 86.5 cm³/mol. The normalized spacial score (nSPS) is 13.7. The number of carbonyl (C=O) groups is 1. The molecular formula is C15H18N6O3. The number of urea groups is 1. The van der Waals surface area contributed by atoms with Crippen LogP contribution in [0.2, 0.25) is 0 Å². The molecule has 2 N–H and O–H groups in total. The van der Waals surface area contributed by atoms with Crippen molar-refractivity contribution in [2.24, 2.45) is 0 Å². The summed E-state index contributed by atoms with van der Waals surface area (Å²) in [6.07, 6.45) is 4.30. The number of nitro benzene ring substituents is 1. The Labute approximate surface area is 138 Å². The van der Waals surface area contributed by atoms with Gasteiger partial charge in [-0.25, -0.2) is 4.79 Å². The molecule has 3 rings (SSSR count). The van der Waals surface area contributed by atoms with Gasteiger partial charge >= 0.3 is 6.03 Å². The smallest absolute Gasteiger partial charge is 0.319 e. The Morgan fingerprint density at radius 3 is 2.75 bits per heavy atom. The lowest BCUT2D eigenvalue weighted by molar-refractivity contribution is -0.384. The van der Waals surface area contributed by atoms with Crippen LogP contribution in [0, 0.1) is 10.1 Å². The molecule has 0 unspecified atom stereocenters. The number of carbonyl (C=O) groups excluding carboxylic acids is 1. The zero-order valence-electron chi connectivity index (χ0n) is 13.1. The summed E-state index contributed by atoms with van der Waals surface area (Å²) >= 11 is 0. The van der Waals surface area contributed by atoms with E-state index in [0.717, 1.165) is 37.5 Å². The molecule has 2 amide bonds. The van der Waals surface area contributed by atoms with Crippen molar-refractivity contribution in [3.63, 3.8) is 0 Å². The molecule has 126 valence electrons. The first-order valence-electron chi connectivity index (χ1n) is 7.84. The van der Waals surface area contributed by atoms with Crippen LogP contribution in [0.5, 0.6) is 0 Å². The van der Waals surface area contributed by atoms with Crippen LogP contribution in [0.4, 0.5) is 16.2 Å². The van der Waals surface area contributed by atoms with E-state index in [4.69, 9.17) is 0 Å².